The van der Waals surface area contributed by atoms with E-state index in [0.717, 1.165) is 73.1 Å². The molecular weight excluding hydrogens is 420 g/mol. The Balaban J connectivity index is 1.61. The van der Waals surface area contributed by atoms with Gasteiger partial charge >= 0.3 is 0 Å². The standard InChI is InChI=1S/C28H33ClO3/c1-3-20-16-23(22-5-7-24(29)8-6-22)17-21(4-2)27(20)28-25(30)14-19(15-26(28)31)13-18-9-11-32-12-10-18/h5-8,16-19,28H,3-4,9-15H2,1-2H3. The molecular formula is C28H33ClO3. The highest BCUT2D eigenvalue weighted by Crippen LogP contribution is 2.39. The molecule has 0 aromatic heterocycles. The lowest BCUT2D eigenvalue weighted by Gasteiger charge is -2.32. The maximum atomic E-state index is 13.3. The molecule has 170 valence electrons. The number of carbonyl (C=O) groups excluding carboxylic acids is 2. The zero-order chi connectivity index (χ0) is 22.7. The number of halogens is 1. The quantitative estimate of drug-likeness (QED) is 0.465. The first-order chi connectivity index (χ1) is 15.5. The second-order valence-corrected chi connectivity index (χ2v) is 9.79. The van der Waals surface area contributed by atoms with Crippen LogP contribution in [0.3, 0.4) is 0 Å². The van der Waals surface area contributed by atoms with Gasteiger partial charge in [-0.25, -0.2) is 0 Å². The number of rotatable bonds is 6. The van der Waals surface area contributed by atoms with Gasteiger partial charge in [-0.1, -0.05) is 49.7 Å². The Morgan fingerprint density at radius 2 is 1.41 bits per heavy atom. The van der Waals surface area contributed by atoms with Crippen LogP contribution in [0.15, 0.2) is 36.4 Å². The van der Waals surface area contributed by atoms with E-state index in [1.807, 2.05) is 24.3 Å². The van der Waals surface area contributed by atoms with E-state index in [9.17, 15) is 9.59 Å². The molecule has 0 spiro atoms. The molecule has 0 N–H and O–H groups in total. The van der Waals surface area contributed by atoms with Crippen LogP contribution in [0.4, 0.5) is 0 Å². The molecule has 2 aromatic carbocycles. The van der Waals surface area contributed by atoms with Crippen LogP contribution in [0.2, 0.25) is 5.02 Å². The van der Waals surface area contributed by atoms with Crippen LogP contribution in [0.5, 0.6) is 0 Å². The first-order valence-electron chi connectivity index (χ1n) is 12.0. The van der Waals surface area contributed by atoms with Crippen LogP contribution in [-0.2, 0) is 27.2 Å². The molecule has 1 aliphatic carbocycles. The number of hydrogen-bond donors (Lipinski definition) is 0. The molecule has 0 amide bonds. The predicted molar refractivity (Wildman–Crippen MR) is 129 cm³/mol. The number of aryl methyl sites for hydroxylation is 2. The summed E-state index contributed by atoms with van der Waals surface area (Å²) in [6, 6.07) is 12.2. The average molecular weight is 453 g/mol. The highest BCUT2D eigenvalue weighted by atomic mass is 35.5. The van der Waals surface area contributed by atoms with Crippen molar-refractivity contribution in [1.29, 1.82) is 0 Å². The molecule has 0 atom stereocenters. The maximum Gasteiger partial charge on any atom is 0.148 e. The number of ketones is 2. The molecule has 0 unspecified atom stereocenters. The van der Waals surface area contributed by atoms with Gasteiger partial charge in [0.1, 0.15) is 17.5 Å². The van der Waals surface area contributed by atoms with Crippen molar-refractivity contribution in [2.75, 3.05) is 13.2 Å². The van der Waals surface area contributed by atoms with Crippen molar-refractivity contribution in [2.24, 2.45) is 11.8 Å². The molecule has 1 saturated carbocycles. The number of benzene rings is 2. The minimum Gasteiger partial charge on any atom is -0.381 e. The van der Waals surface area contributed by atoms with Crippen molar-refractivity contribution in [3.63, 3.8) is 0 Å². The van der Waals surface area contributed by atoms with E-state index in [1.54, 1.807) is 0 Å². The molecule has 1 saturated heterocycles. The van der Waals surface area contributed by atoms with Gasteiger partial charge < -0.3 is 4.74 Å². The summed E-state index contributed by atoms with van der Waals surface area (Å²) >= 11 is 6.07. The fourth-order valence-electron chi connectivity index (χ4n) is 5.54. The van der Waals surface area contributed by atoms with Gasteiger partial charge in [-0.15, -0.1) is 0 Å². The van der Waals surface area contributed by atoms with Crippen LogP contribution in [0.25, 0.3) is 11.1 Å². The highest BCUT2D eigenvalue weighted by molar-refractivity contribution is 6.30. The van der Waals surface area contributed by atoms with Gasteiger partial charge in [-0.05, 0) is 83.9 Å². The summed E-state index contributed by atoms with van der Waals surface area (Å²) < 4.78 is 5.46. The predicted octanol–water partition coefficient (Wildman–Crippen LogP) is 6.58. The SMILES string of the molecule is CCc1cc(-c2ccc(Cl)cc2)cc(CC)c1C1C(=O)CC(CC2CCOCC2)CC1=O. The Kier molecular flexibility index (Phi) is 7.48. The van der Waals surface area contributed by atoms with Crippen molar-refractivity contribution in [3.8, 4) is 11.1 Å². The lowest BCUT2D eigenvalue weighted by Crippen LogP contribution is -2.34. The molecule has 4 rings (SSSR count). The normalized spacial score (nSPS) is 22.3. The number of carbonyl (C=O) groups is 2. The van der Waals surface area contributed by atoms with Crippen molar-refractivity contribution in [1.82, 2.24) is 0 Å². The van der Waals surface area contributed by atoms with Gasteiger partial charge in [0.15, 0.2) is 0 Å². The van der Waals surface area contributed by atoms with Crippen LogP contribution in [0.1, 0.15) is 68.6 Å². The molecule has 3 nitrogen and oxygen atoms in total. The van der Waals surface area contributed by atoms with Crippen LogP contribution in [0, 0.1) is 11.8 Å². The van der Waals surface area contributed by atoms with Crippen LogP contribution >= 0.6 is 11.6 Å². The summed E-state index contributed by atoms with van der Waals surface area (Å²) in [6.07, 6.45) is 5.73. The summed E-state index contributed by atoms with van der Waals surface area (Å²) in [5.74, 6) is 0.411. The fraction of sp³-hybridized carbons (Fsp3) is 0.500. The van der Waals surface area contributed by atoms with Gasteiger partial charge in [-0.2, -0.15) is 0 Å². The van der Waals surface area contributed by atoms with Gasteiger partial charge in [0, 0.05) is 31.1 Å². The molecule has 0 radical (unpaired) electrons. The molecule has 2 aromatic rings. The molecule has 2 aliphatic rings. The summed E-state index contributed by atoms with van der Waals surface area (Å²) in [6.45, 7) is 5.83. The largest absolute Gasteiger partial charge is 0.381 e. The van der Waals surface area contributed by atoms with E-state index in [2.05, 4.69) is 26.0 Å². The smallest absolute Gasteiger partial charge is 0.148 e. The number of ether oxygens (including phenoxy) is 1. The van der Waals surface area contributed by atoms with Crippen molar-refractivity contribution in [2.45, 2.75) is 64.7 Å². The third kappa shape index (κ3) is 5.00. The van der Waals surface area contributed by atoms with Gasteiger partial charge in [-0.3, -0.25) is 9.59 Å². The van der Waals surface area contributed by atoms with Crippen molar-refractivity contribution >= 4 is 23.2 Å². The second kappa shape index (κ2) is 10.3. The van der Waals surface area contributed by atoms with E-state index in [4.69, 9.17) is 16.3 Å². The monoisotopic (exact) mass is 452 g/mol. The molecule has 1 heterocycles. The Morgan fingerprint density at radius 3 is 1.94 bits per heavy atom. The third-order valence-corrected chi connectivity index (χ3v) is 7.46. The molecule has 2 fully saturated rings. The number of Topliss-reactive ketones (excluding diaryl/α,β-unsaturated/α-hetero) is 2. The minimum atomic E-state index is -0.592. The summed E-state index contributed by atoms with van der Waals surface area (Å²) in [5.41, 5.74) is 5.43. The van der Waals surface area contributed by atoms with E-state index in [1.165, 1.54) is 0 Å². The third-order valence-electron chi connectivity index (χ3n) is 7.21. The van der Waals surface area contributed by atoms with E-state index in [0.29, 0.717) is 23.8 Å². The molecule has 1 aliphatic heterocycles. The van der Waals surface area contributed by atoms with Gasteiger partial charge in [0.05, 0.1) is 0 Å². The summed E-state index contributed by atoms with van der Waals surface area (Å²) in [4.78, 5) is 26.7. The maximum absolute atomic E-state index is 13.3. The Labute approximate surface area is 196 Å². The molecule has 32 heavy (non-hydrogen) atoms. The Bertz CT molecular complexity index is 930. The number of hydrogen-bond acceptors (Lipinski definition) is 3. The Hall–Kier alpha value is -1.97. The van der Waals surface area contributed by atoms with Crippen LogP contribution < -0.4 is 0 Å². The van der Waals surface area contributed by atoms with Gasteiger partial charge in [0.25, 0.3) is 0 Å². The van der Waals surface area contributed by atoms with Gasteiger partial charge in [0.2, 0.25) is 0 Å². The molecule has 4 heteroatoms. The summed E-state index contributed by atoms with van der Waals surface area (Å²) in [5, 5.41) is 0.713. The molecule has 0 bridgehead atoms. The topological polar surface area (TPSA) is 43.4 Å². The lowest BCUT2D eigenvalue weighted by molar-refractivity contribution is -0.134. The first kappa shape index (κ1) is 23.2. The first-order valence-corrected chi connectivity index (χ1v) is 12.4. The summed E-state index contributed by atoms with van der Waals surface area (Å²) in [7, 11) is 0. The van der Waals surface area contributed by atoms with Crippen molar-refractivity contribution < 1.29 is 14.3 Å². The van der Waals surface area contributed by atoms with E-state index in [-0.39, 0.29) is 17.5 Å². The highest BCUT2D eigenvalue weighted by Gasteiger charge is 2.39. The van der Waals surface area contributed by atoms with E-state index >= 15 is 0 Å². The Morgan fingerprint density at radius 1 is 0.844 bits per heavy atom. The minimum absolute atomic E-state index is 0.113. The zero-order valence-corrected chi connectivity index (χ0v) is 19.9. The average Bonchev–Trinajstić information content (AvgIpc) is 2.79. The fourth-order valence-corrected chi connectivity index (χ4v) is 5.67. The zero-order valence-electron chi connectivity index (χ0n) is 19.2. The van der Waals surface area contributed by atoms with Crippen LogP contribution in [-0.4, -0.2) is 24.8 Å². The lowest BCUT2D eigenvalue weighted by atomic mass is 9.71. The second-order valence-electron chi connectivity index (χ2n) is 9.35. The van der Waals surface area contributed by atoms with Crippen molar-refractivity contribution in [3.05, 3.63) is 58.1 Å². The van der Waals surface area contributed by atoms with E-state index < -0.39 is 5.92 Å².